The molecule has 0 radical (unpaired) electrons. The number of primary amides is 1. The summed E-state index contributed by atoms with van der Waals surface area (Å²) < 4.78 is 1.84. The Labute approximate surface area is 111 Å². The van der Waals surface area contributed by atoms with Gasteiger partial charge in [0.1, 0.15) is 5.82 Å². The molecule has 0 atom stereocenters. The maximum atomic E-state index is 10.5. The van der Waals surface area contributed by atoms with Crippen molar-refractivity contribution in [3.63, 3.8) is 0 Å². The van der Waals surface area contributed by atoms with Gasteiger partial charge in [-0.1, -0.05) is 0 Å². The van der Waals surface area contributed by atoms with Gasteiger partial charge in [-0.25, -0.2) is 4.98 Å². The van der Waals surface area contributed by atoms with Gasteiger partial charge in [-0.15, -0.1) is 0 Å². The summed E-state index contributed by atoms with van der Waals surface area (Å²) >= 11 is 6.74. The number of hydrogen-bond acceptors (Lipinski definition) is 3. The third-order valence-corrected chi connectivity index (χ3v) is 2.99. The Bertz CT molecular complexity index is 371. The van der Waals surface area contributed by atoms with Crippen molar-refractivity contribution < 1.29 is 4.79 Å². The van der Waals surface area contributed by atoms with Gasteiger partial charge in [0.2, 0.25) is 5.91 Å². The Morgan fingerprint density at radius 1 is 1.44 bits per heavy atom. The molecule has 0 fully saturated rings. The van der Waals surface area contributed by atoms with Crippen LogP contribution >= 0.6 is 31.9 Å². The summed E-state index contributed by atoms with van der Waals surface area (Å²) in [5.74, 6) is 0.560. The predicted molar refractivity (Wildman–Crippen MR) is 71.2 cm³/mol. The molecule has 1 amide bonds. The predicted octanol–water partition coefficient (Wildman–Crippen LogP) is 2.67. The molecule has 0 aliphatic carbocycles. The number of halogens is 2. The van der Waals surface area contributed by atoms with Crippen LogP contribution in [0.25, 0.3) is 0 Å². The summed E-state index contributed by atoms with van der Waals surface area (Å²) in [4.78, 5) is 14.7. The Morgan fingerprint density at radius 3 is 2.81 bits per heavy atom. The number of nitrogens with zero attached hydrogens (tertiary/aromatic N) is 1. The number of rotatable bonds is 6. The van der Waals surface area contributed by atoms with E-state index in [4.69, 9.17) is 5.73 Å². The zero-order valence-corrected chi connectivity index (χ0v) is 11.8. The van der Waals surface area contributed by atoms with Crippen molar-refractivity contribution in [1.82, 2.24) is 4.98 Å². The van der Waals surface area contributed by atoms with E-state index in [9.17, 15) is 4.79 Å². The van der Waals surface area contributed by atoms with Gasteiger partial charge in [-0.2, -0.15) is 0 Å². The van der Waals surface area contributed by atoms with Gasteiger partial charge < -0.3 is 11.1 Å². The van der Waals surface area contributed by atoms with Crippen molar-refractivity contribution in [3.05, 3.63) is 21.2 Å². The highest BCUT2D eigenvalue weighted by atomic mass is 79.9. The number of aromatic nitrogens is 1. The average Bonchev–Trinajstić information content (AvgIpc) is 2.20. The fourth-order valence-electron chi connectivity index (χ4n) is 1.18. The average molecular weight is 351 g/mol. The van der Waals surface area contributed by atoms with Crippen LogP contribution < -0.4 is 11.1 Å². The van der Waals surface area contributed by atoms with Crippen LogP contribution in [0.2, 0.25) is 0 Å². The number of carbonyl (C=O) groups is 1. The summed E-state index contributed by atoms with van der Waals surface area (Å²) in [5, 5.41) is 3.18. The Kier molecular flexibility index (Phi) is 5.76. The number of nitrogens with one attached hydrogen (secondary N) is 1. The van der Waals surface area contributed by atoms with E-state index < -0.39 is 0 Å². The summed E-state index contributed by atoms with van der Waals surface area (Å²) in [6.45, 7) is 0.778. The van der Waals surface area contributed by atoms with E-state index >= 15 is 0 Å². The molecule has 6 heteroatoms. The molecule has 0 aliphatic heterocycles. The van der Waals surface area contributed by atoms with Gasteiger partial charge in [0.05, 0.1) is 4.47 Å². The largest absolute Gasteiger partial charge is 0.370 e. The van der Waals surface area contributed by atoms with Crippen LogP contribution in [0.1, 0.15) is 19.3 Å². The molecule has 0 aliphatic rings. The molecule has 0 saturated heterocycles. The lowest BCUT2D eigenvalue weighted by atomic mass is 10.2. The van der Waals surface area contributed by atoms with Crippen LogP contribution in [0.3, 0.4) is 0 Å². The van der Waals surface area contributed by atoms with E-state index in [1.54, 1.807) is 6.20 Å². The maximum Gasteiger partial charge on any atom is 0.217 e. The number of pyridine rings is 1. The van der Waals surface area contributed by atoms with Crippen molar-refractivity contribution in [2.24, 2.45) is 5.73 Å². The van der Waals surface area contributed by atoms with Gasteiger partial charge in [0, 0.05) is 23.6 Å². The Balaban J connectivity index is 2.29. The molecule has 1 rings (SSSR count). The molecule has 4 nitrogen and oxygen atoms in total. The minimum absolute atomic E-state index is 0.247. The van der Waals surface area contributed by atoms with E-state index in [-0.39, 0.29) is 5.91 Å². The smallest absolute Gasteiger partial charge is 0.217 e. The monoisotopic (exact) mass is 349 g/mol. The molecule has 16 heavy (non-hydrogen) atoms. The van der Waals surface area contributed by atoms with Crippen LogP contribution in [0, 0.1) is 0 Å². The second-order valence-electron chi connectivity index (χ2n) is 3.33. The lowest BCUT2D eigenvalue weighted by molar-refractivity contribution is -0.118. The second kappa shape index (κ2) is 6.85. The fraction of sp³-hybridized carbons (Fsp3) is 0.400. The van der Waals surface area contributed by atoms with Crippen molar-refractivity contribution >= 4 is 43.6 Å². The van der Waals surface area contributed by atoms with E-state index in [0.29, 0.717) is 6.42 Å². The van der Waals surface area contributed by atoms with Crippen LogP contribution in [0.4, 0.5) is 5.82 Å². The van der Waals surface area contributed by atoms with Gasteiger partial charge >= 0.3 is 0 Å². The third kappa shape index (κ3) is 4.94. The molecular weight excluding hydrogens is 338 g/mol. The van der Waals surface area contributed by atoms with Gasteiger partial charge in [-0.05, 0) is 50.8 Å². The van der Waals surface area contributed by atoms with E-state index in [1.165, 1.54) is 0 Å². The number of hydrogen-bond donors (Lipinski definition) is 2. The topological polar surface area (TPSA) is 68.0 Å². The molecule has 0 spiro atoms. The van der Waals surface area contributed by atoms with Crippen molar-refractivity contribution in [2.45, 2.75) is 19.3 Å². The lowest BCUT2D eigenvalue weighted by Gasteiger charge is -2.07. The van der Waals surface area contributed by atoms with Crippen molar-refractivity contribution in [1.29, 1.82) is 0 Å². The first-order valence-electron chi connectivity index (χ1n) is 4.93. The van der Waals surface area contributed by atoms with Crippen LogP contribution in [0.5, 0.6) is 0 Å². The van der Waals surface area contributed by atoms with Crippen LogP contribution in [-0.4, -0.2) is 17.4 Å². The highest BCUT2D eigenvalue weighted by molar-refractivity contribution is 9.11. The van der Waals surface area contributed by atoms with Gasteiger partial charge in [0.15, 0.2) is 0 Å². The van der Waals surface area contributed by atoms with E-state index in [0.717, 1.165) is 34.1 Å². The Hall–Kier alpha value is -0.620. The summed E-state index contributed by atoms with van der Waals surface area (Å²) in [5.41, 5.74) is 5.04. The number of anilines is 1. The quantitative estimate of drug-likeness (QED) is 0.775. The first-order chi connectivity index (χ1) is 7.59. The molecule has 0 bridgehead atoms. The number of unbranched alkanes of at least 4 members (excludes halogenated alkanes) is 1. The summed E-state index contributed by atoms with van der Waals surface area (Å²) in [6, 6.07) is 1.93. The van der Waals surface area contributed by atoms with Gasteiger partial charge in [0.25, 0.3) is 0 Å². The SMILES string of the molecule is NC(=O)CCCCNc1ncc(Br)cc1Br. The fourth-order valence-corrected chi connectivity index (χ4v) is 2.30. The third-order valence-electron chi connectivity index (χ3n) is 1.95. The van der Waals surface area contributed by atoms with E-state index in [1.807, 2.05) is 6.07 Å². The molecule has 3 N–H and O–H groups in total. The molecule has 1 aromatic heterocycles. The zero-order valence-electron chi connectivity index (χ0n) is 8.67. The number of carbonyl (C=O) groups excluding carboxylic acids is 1. The molecule has 0 aromatic carbocycles. The molecule has 1 heterocycles. The van der Waals surface area contributed by atoms with Crippen LogP contribution in [0.15, 0.2) is 21.2 Å². The first kappa shape index (κ1) is 13.4. The molecule has 1 aromatic rings. The summed E-state index contributed by atoms with van der Waals surface area (Å²) in [6.07, 6.45) is 3.87. The van der Waals surface area contributed by atoms with E-state index in [2.05, 4.69) is 42.2 Å². The minimum atomic E-state index is -0.247. The highest BCUT2D eigenvalue weighted by Crippen LogP contribution is 2.23. The molecular formula is C10H13Br2N3O. The lowest BCUT2D eigenvalue weighted by Crippen LogP contribution is -2.11. The first-order valence-corrected chi connectivity index (χ1v) is 6.51. The van der Waals surface area contributed by atoms with Crippen LogP contribution in [-0.2, 0) is 4.79 Å². The number of nitrogens with two attached hydrogens (primary N) is 1. The highest BCUT2D eigenvalue weighted by Gasteiger charge is 2.01. The standard InChI is InChI=1S/C10H13Br2N3O/c11-7-5-8(12)10(15-6-7)14-4-2-1-3-9(13)16/h5-6H,1-4H2,(H2,13,16)(H,14,15). The molecule has 88 valence electrons. The van der Waals surface area contributed by atoms with Crippen molar-refractivity contribution in [2.75, 3.05) is 11.9 Å². The maximum absolute atomic E-state index is 10.5. The molecule has 0 unspecified atom stereocenters. The van der Waals surface area contributed by atoms with Crippen molar-refractivity contribution in [3.8, 4) is 0 Å². The second-order valence-corrected chi connectivity index (χ2v) is 5.10. The summed E-state index contributed by atoms with van der Waals surface area (Å²) in [7, 11) is 0. The molecule has 0 saturated carbocycles. The normalized spacial score (nSPS) is 10.1. The zero-order chi connectivity index (χ0) is 12.0. The number of amides is 1. The minimum Gasteiger partial charge on any atom is -0.370 e. The Morgan fingerprint density at radius 2 is 2.19 bits per heavy atom. The van der Waals surface area contributed by atoms with Gasteiger partial charge in [-0.3, -0.25) is 4.79 Å².